The number of carbonyl (C=O) groups is 1. The summed E-state index contributed by atoms with van der Waals surface area (Å²) in [6, 6.07) is 6.18. The zero-order chi connectivity index (χ0) is 17.5. The Morgan fingerprint density at radius 1 is 1.29 bits per heavy atom. The smallest absolute Gasteiger partial charge is 0.224 e. The predicted molar refractivity (Wildman–Crippen MR) is 95.7 cm³/mol. The average Bonchev–Trinajstić information content (AvgIpc) is 2.60. The van der Waals surface area contributed by atoms with Gasteiger partial charge in [-0.1, -0.05) is 6.07 Å². The number of rotatable bonds is 7. The van der Waals surface area contributed by atoms with Gasteiger partial charge in [-0.05, 0) is 56.8 Å². The number of amides is 1. The Labute approximate surface area is 145 Å². The Balaban J connectivity index is 1.83. The summed E-state index contributed by atoms with van der Waals surface area (Å²) >= 11 is 0. The molecule has 1 aliphatic rings. The fraction of sp³-hybridized carbons (Fsp3) is 0.632. The Morgan fingerprint density at radius 3 is 2.71 bits per heavy atom. The van der Waals surface area contributed by atoms with E-state index in [1.807, 2.05) is 18.2 Å². The summed E-state index contributed by atoms with van der Waals surface area (Å²) in [5.41, 5.74) is 0.928. The molecule has 1 atom stereocenters. The maximum atomic E-state index is 12.2. The molecule has 0 spiro atoms. The van der Waals surface area contributed by atoms with Gasteiger partial charge in [0.1, 0.15) is 0 Å². The molecule has 5 nitrogen and oxygen atoms in total. The van der Waals surface area contributed by atoms with Gasteiger partial charge in [0.05, 0.1) is 20.6 Å². The zero-order valence-corrected chi connectivity index (χ0v) is 15.3. The summed E-state index contributed by atoms with van der Waals surface area (Å²) in [7, 11) is 3.21. The fourth-order valence-electron chi connectivity index (χ4n) is 3.23. The number of hydrogen-bond donors (Lipinski definition) is 1. The molecule has 0 radical (unpaired) electrons. The van der Waals surface area contributed by atoms with E-state index in [4.69, 9.17) is 9.47 Å². The standard InChI is InChI=1S/C19H30N2O3/c1-14(2)21-9-5-6-16(13-21)12-20-19(22)11-15-7-8-17(23-3)18(10-15)24-4/h7-8,10,14,16H,5-6,9,11-13H2,1-4H3,(H,20,22)/t16-/m0/s1. The SMILES string of the molecule is COc1ccc(CC(=O)NC[C@@H]2CCCN(C(C)C)C2)cc1OC. The van der Waals surface area contributed by atoms with Crippen molar-refractivity contribution in [3.05, 3.63) is 23.8 Å². The fourth-order valence-corrected chi connectivity index (χ4v) is 3.23. The number of nitrogens with one attached hydrogen (secondary N) is 1. The molecule has 0 unspecified atom stereocenters. The van der Waals surface area contributed by atoms with Gasteiger partial charge in [-0.25, -0.2) is 0 Å². The molecule has 24 heavy (non-hydrogen) atoms. The first-order chi connectivity index (χ1) is 11.5. The molecule has 0 bridgehead atoms. The van der Waals surface area contributed by atoms with E-state index in [1.165, 1.54) is 19.4 Å². The Morgan fingerprint density at radius 2 is 2.04 bits per heavy atom. The molecule has 0 saturated carbocycles. The predicted octanol–water partition coefficient (Wildman–Crippen LogP) is 2.48. The molecule has 134 valence electrons. The number of methoxy groups -OCH3 is 2. The van der Waals surface area contributed by atoms with Gasteiger partial charge in [0, 0.05) is 19.1 Å². The first kappa shape index (κ1) is 18.6. The molecular weight excluding hydrogens is 304 g/mol. The molecule has 1 N–H and O–H groups in total. The van der Waals surface area contributed by atoms with E-state index >= 15 is 0 Å². The van der Waals surface area contributed by atoms with Crippen LogP contribution in [0.15, 0.2) is 18.2 Å². The van der Waals surface area contributed by atoms with Crippen LogP contribution in [-0.2, 0) is 11.2 Å². The summed E-state index contributed by atoms with van der Waals surface area (Å²) in [4.78, 5) is 14.7. The van der Waals surface area contributed by atoms with Crippen LogP contribution in [0, 0.1) is 5.92 Å². The van der Waals surface area contributed by atoms with Crippen LogP contribution >= 0.6 is 0 Å². The third-order valence-electron chi connectivity index (χ3n) is 4.68. The number of piperidine rings is 1. The minimum atomic E-state index is 0.0592. The second kappa shape index (κ2) is 8.92. The van der Waals surface area contributed by atoms with Crippen molar-refractivity contribution in [2.45, 2.75) is 39.2 Å². The molecule has 1 aliphatic heterocycles. The van der Waals surface area contributed by atoms with Gasteiger partial charge in [0.25, 0.3) is 0 Å². The molecule has 1 aromatic carbocycles. The molecule has 2 rings (SSSR count). The highest BCUT2D eigenvalue weighted by Gasteiger charge is 2.22. The van der Waals surface area contributed by atoms with Crippen molar-refractivity contribution in [2.24, 2.45) is 5.92 Å². The first-order valence-corrected chi connectivity index (χ1v) is 8.75. The summed E-state index contributed by atoms with van der Waals surface area (Å²) in [5.74, 6) is 1.94. The third kappa shape index (κ3) is 5.13. The van der Waals surface area contributed by atoms with Gasteiger partial charge in [0.2, 0.25) is 5.91 Å². The maximum absolute atomic E-state index is 12.2. The van der Waals surface area contributed by atoms with Crippen molar-refractivity contribution in [1.82, 2.24) is 10.2 Å². The lowest BCUT2D eigenvalue weighted by atomic mass is 9.97. The van der Waals surface area contributed by atoms with Crippen LogP contribution < -0.4 is 14.8 Å². The van der Waals surface area contributed by atoms with E-state index in [-0.39, 0.29) is 5.91 Å². The van der Waals surface area contributed by atoms with Crippen molar-refractivity contribution in [3.63, 3.8) is 0 Å². The number of hydrogen-bond acceptors (Lipinski definition) is 4. The van der Waals surface area contributed by atoms with E-state index < -0.39 is 0 Å². The number of nitrogens with zero attached hydrogens (tertiary/aromatic N) is 1. The summed E-state index contributed by atoms with van der Waals surface area (Å²) in [5, 5.41) is 3.09. The van der Waals surface area contributed by atoms with Crippen LogP contribution in [0.25, 0.3) is 0 Å². The van der Waals surface area contributed by atoms with Gasteiger partial charge in [-0.15, -0.1) is 0 Å². The van der Waals surface area contributed by atoms with Crippen LogP contribution in [0.4, 0.5) is 0 Å². The highest BCUT2D eigenvalue weighted by Crippen LogP contribution is 2.27. The van der Waals surface area contributed by atoms with Gasteiger partial charge in [-0.3, -0.25) is 4.79 Å². The summed E-state index contributed by atoms with van der Waals surface area (Å²) < 4.78 is 10.5. The topological polar surface area (TPSA) is 50.8 Å². The van der Waals surface area contributed by atoms with E-state index in [0.717, 1.165) is 18.7 Å². The van der Waals surface area contributed by atoms with Crippen molar-refractivity contribution in [1.29, 1.82) is 0 Å². The molecule has 1 amide bonds. The summed E-state index contributed by atoms with van der Waals surface area (Å²) in [6.07, 6.45) is 2.77. The van der Waals surface area contributed by atoms with Gasteiger partial charge >= 0.3 is 0 Å². The Kier molecular flexibility index (Phi) is 6.91. The van der Waals surface area contributed by atoms with Gasteiger partial charge < -0.3 is 19.7 Å². The number of likely N-dealkylation sites (tertiary alicyclic amines) is 1. The van der Waals surface area contributed by atoms with Crippen LogP contribution in [0.5, 0.6) is 11.5 Å². The lowest BCUT2D eigenvalue weighted by molar-refractivity contribution is -0.120. The van der Waals surface area contributed by atoms with Crippen molar-refractivity contribution >= 4 is 5.91 Å². The molecule has 0 aromatic heterocycles. The minimum Gasteiger partial charge on any atom is -0.493 e. The van der Waals surface area contributed by atoms with Crippen molar-refractivity contribution in [3.8, 4) is 11.5 Å². The second-order valence-electron chi connectivity index (χ2n) is 6.77. The molecule has 1 fully saturated rings. The molecule has 1 heterocycles. The number of ether oxygens (including phenoxy) is 2. The molecule has 0 aliphatic carbocycles. The van der Waals surface area contributed by atoms with Gasteiger partial charge in [0.15, 0.2) is 11.5 Å². The van der Waals surface area contributed by atoms with E-state index in [0.29, 0.717) is 29.9 Å². The highest BCUT2D eigenvalue weighted by molar-refractivity contribution is 5.78. The normalized spacial score (nSPS) is 18.5. The molecule has 5 heteroatoms. The Bertz CT molecular complexity index is 545. The number of benzene rings is 1. The Hall–Kier alpha value is -1.75. The van der Waals surface area contributed by atoms with Gasteiger partial charge in [-0.2, -0.15) is 0 Å². The average molecular weight is 334 g/mol. The molecule has 1 saturated heterocycles. The first-order valence-electron chi connectivity index (χ1n) is 8.75. The lowest BCUT2D eigenvalue weighted by Gasteiger charge is -2.35. The maximum Gasteiger partial charge on any atom is 0.224 e. The second-order valence-corrected chi connectivity index (χ2v) is 6.77. The molecular formula is C19H30N2O3. The van der Waals surface area contributed by atoms with Crippen LogP contribution in [0.2, 0.25) is 0 Å². The van der Waals surface area contributed by atoms with E-state index in [1.54, 1.807) is 14.2 Å². The van der Waals surface area contributed by atoms with E-state index in [9.17, 15) is 4.79 Å². The minimum absolute atomic E-state index is 0.0592. The zero-order valence-electron chi connectivity index (χ0n) is 15.3. The number of carbonyl (C=O) groups excluding carboxylic acids is 1. The van der Waals surface area contributed by atoms with E-state index in [2.05, 4.69) is 24.1 Å². The highest BCUT2D eigenvalue weighted by atomic mass is 16.5. The largest absolute Gasteiger partial charge is 0.493 e. The lowest BCUT2D eigenvalue weighted by Crippen LogP contribution is -2.43. The van der Waals surface area contributed by atoms with Crippen molar-refractivity contribution in [2.75, 3.05) is 33.9 Å². The van der Waals surface area contributed by atoms with Crippen molar-refractivity contribution < 1.29 is 14.3 Å². The van der Waals surface area contributed by atoms with Crippen LogP contribution in [0.3, 0.4) is 0 Å². The monoisotopic (exact) mass is 334 g/mol. The summed E-state index contributed by atoms with van der Waals surface area (Å²) in [6.45, 7) is 7.48. The van der Waals surface area contributed by atoms with Crippen LogP contribution in [-0.4, -0.2) is 50.7 Å². The molecule has 1 aromatic rings. The quantitative estimate of drug-likeness (QED) is 0.832. The third-order valence-corrected chi connectivity index (χ3v) is 4.68. The van der Waals surface area contributed by atoms with Crippen LogP contribution in [0.1, 0.15) is 32.3 Å².